The van der Waals surface area contributed by atoms with Gasteiger partial charge in [0, 0.05) is 19.2 Å². The van der Waals surface area contributed by atoms with E-state index in [-0.39, 0.29) is 24.5 Å². The van der Waals surface area contributed by atoms with Gasteiger partial charge in [0.25, 0.3) is 11.7 Å². The molecule has 1 aliphatic heterocycles. The van der Waals surface area contributed by atoms with Gasteiger partial charge in [-0.15, -0.1) is 0 Å². The first kappa shape index (κ1) is 26.1. The van der Waals surface area contributed by atoms with E-state index in [9.17, 15) is 14.7 Å². The fraction of sp³-hybridized carbons (Fsp3) is 0.407. The highest BCUT2D eigenvalue weighted by Crippen LogP contribution is 2.42. The van der Waals surface area contributed by atoms with Crippen LogP contribution in [0.3, 0.4) is 0 Å². The molecule has 1 saturated heterocycles. The van der Waals surface area contributed by atoms with Gasteiger partial charge < -0.3 is 29.0 Å². The van der Waals surface area contributed by atoms with Crippen molar-refractivity contribution in [3.63, 3.8) is 0 Å². The summed E-state index contributed by atoms with van der Waals surface area (Å²) in [6, 6.07) is 9.57. The van der Waals surface area contributed by atoms with E-state index >= 15 is 0 Å². The number of hydrogen-bond donors (Lipinski definition) is 1. The molecule has 0 aromatic heterocycles. The van der Waals surface area contributed by atoms with Crippen molar-refractivity contribution in [1.82, 2.24) is 4.90 Å². The number of rotatable bonds is 11. The molecule has 1 heterocycles. The van der Waals surface area contributed by atoms with E-state index in [0.717, 1.165) is 18.4 Å². The van der Waals surface area contributed by atoms with Crippen LogP contribution in [0, 0.1) is 6.92 Å². The van der Waals surface area contributed by atoms with Gasteiger partial charge in [-0.2, -0.15) is 0 Å². The molecule has 8 nitrogen and oxygen atoms in total. The second-order valence-corrected chi connectivity index (χ2v) is 8.28. The summed E-state index contributed by atoms with van der Waals surface area (Å²) in [4.78, 5) is 27.6. The third-order valence-corrected chi connectivity index (χ3v) is 6.00. The summed E-state index contributed by atoms with van der Waals surface area (Å²) in [5, 5.41) is 11.2. The summed E-state index contributed by atoms with van der Waals surface area (Å²) in [5.41, 5.74) is 1.84. The average Bonchev–Trinajstić information content (AvgIpc) is 3.12. The van der Waals surface area contributed by atoms with E-state index in [0.29, 0.717) is 35.0 Å². The third-order valence-electron chi connectivity index (χ3n) is 6.00. The third kappa shape index (κ3) is 5.43. The van der Waals surface area contributed by atoms with Gasteiger partial charge in [-0.1, -0.05) is 19.4 Å². The smallest absolute Gasteiger partial charge is 0.295 e. The number of benzene rings is 2. The molecule has 3 rings (SSSR count). The van der Waals surface area contributed by atoms with E-state index < -0.39 is 17.7 Å². The maximum absolute atomic E-state index is 13.2. The Morgan fingerprint density at radius 1 is 0.971 bits per heavy atom. The summed E-state index contributed by atoms with van der Waals surface area (Å²) in [6.07, 6.45) is 1.91. The monoisotopic (exact) mass is 483 g/mol. The molecule has 0 radical (unpaired) electrons. The molecule has 1 aliphatic rings. The number of carbonyl (C=O) groups is 2. The zero-order valence-corrected chi connectivity index (χ0v) is 20.9. The SMILES string of the molecule is CCCCOc1ccc([C@H]2C(=C(O)c3ccc(OC)c(C)c3)C(=O)C(=O)N2CCOC)cc1OC. The number of ether oxygens (including phenoxy) is 4. The van der Waals surface area contributed by atoms with Gasteiger partial charge in [0.1, 0.15) is 11.5 Å². The van der Waals surface area contributed by atoms with Crippen molar-refractivity contribution in [2.24, 2.45) is 0 Å². The molecule has 0 unspecified atom stereocenters. The van der Waals surface area contributed by atoms with E-state index in [1.165, 1.54) is 19.1 Å². The Morgan fingerprint density at radius 3 is 2.31 bits per heavy atom. The molecule has 0 bridgehead atoms. The number of likely N-dealkylation sites (tertiary alicyclic amines) is 1. The van der Waals surface area contributed by atoms with Crippen molar-refractivity contribution in [2.45, 2.75) is 32.7 Å². The average molecular weight is 484 g/mol. The van der Waals surface area contributed by atoms with Gasteiger partial charge >= 0.3 is 0 Å². The molecule has 0 aliphatic carbocycles. The van der Waals surface area contributed by atoms with Crippen molar-refractivity contribution < 1.29 is 33.6 Å². The number of nitrogens with zero attached hydrogens (tertiary/aromatic N) is 1. The van der Waals surface area contributed by atoms with Gasteiger partial charge in [-0.05, 0) is 54.8 Å². The van der Waals surface area contributed by atoms with E-state index in [2.05, 4.69) is 6.92 Å². The van der Waals surface area contributed by atoms with E-state index in [1.807, 2.05) is 6.92 Å². The first-order chi connectivity index (χ1) is 16.9. The maximum Gasteiger partial charge on any atom is 0.295 e. The van der Waals surface area contributed by atoms with Crippen LogP contribution >= 0.6 is 0 Å². The molecule has 188 valence electrons. The Balaban J connectivity index is 2.12. The molecule has 1 N–H and O–H groups in total. The van der Waals surface area contributed by atoms with Gasteiger partial charge in [0.05, 0.1) is 39.0 Å². The predicted molar refractivity (Wildman–Crippen MR) is 132 cm³/mol. The number of aliphatic hydroxyl groups is 1. The summed E-state index contributed by atoms with van der Waals surface area (Å²) in [5.74, 6) is 0.0178. The zero-order valence-electron chi connectivity index (χ0n) is 20.9. The number of Topliss-reactive ketones (excluding diaryl/α,β-unsaturated/α-hetero) is 1. The van der Waals surface area contributed by atoms with Gasteiger partial charge in [0.15, 0.2) is 11.5 Å². The number of methoxy groups -OCH3 is 3. The molecule has 0 saturated carbocycles. The lowest BCUT2D eigenvalue weighted by atomic mass is 9.94. The molecular formula is C27H33NO7. The number of aryl methyl sites for hydroxylation is 1. The highest BCUT2D eigenvalue weighted by Gasteiger charge is 2.46. The van der Waals surface area contributed by atoms with E-state index in [1.54, 1.807) is 43.5 Å². The second-order valence-electron chi connectivity index (χ2n) is 8.28. The van der Waals surface area contributed by atoms with Crippen molar-refractivity contribution in [1.29, 1.82) is 0 Å². The number of ketones is 1. The minimum Gasteiger partial charge on any atom is -0.507 e. The Hall–Kier alpha value is -3.52. The number of aliphatic hydroxyl groups excluding tert-OH is 1. The van der Waals surface area contributed by atoms with Crippen molar-refractivity contribution in [2.75, 3.05) is 41.1 Å². The Bertz CT molecular complexity index is 1110. The Morgan fingerprint density at radius 2 is 1.69 bits per heavy atom. The van der Waals surface area contributed by atoms with Crippen LogP contribution in [0.2, 0.25) is 0 Å². The first-order valence-electron chi connectivity index (χ1n) is 11.6. The molecule has 1 atom stereocenters. The summed E-state index contributed by atoms with van der Waals surface area (Å²) in [6.45, 7) is 4.89. The quantitative estimate of drug-likeness (QED) is 0.221. The predicted octanol–water partition coefficient (Wildman–Crippen LogP) is 4.26. The van der Waals surface area contributed by atoms with Crippen LogP contribution in [-0.4, -0.2) is 62.8 Å². The minimum atomic E-state index is -0.814. The minimum absolute atomic E-state index is 0.0115. The zero-order chi connectivity index (χ0) is 25.5. The summed E-state index contributed by atoms with van der Waals surface area (Å²) in [7, 11) is 4.62. The molecule has 2 aromatic rings. The molecule has 1 amide bonds. The van der Waals surface area contributed by atoms with Crippen LogP contribution < -0.4 is 14.2 Å². The molecule has 2 aromatic carbocycles. The molecule has 1 fully saturated rings. The maximum atomic E-state index is 13.2. The van der Waals surface area contributed by atoms with Crippen LogP contribution in [0.15, 0.2) is 42.0 Å². The normalized spacial score (nSPS) is 17.1. The molecular weight excluding hydrogens is 450 g/mol. The second kappa shape index (κ2) is 11.8. The van der Waals surface area contributed by atoms with Crippen LogP contribution in [-0.2, 0) is 14.3 Å². The van der Waals surface area contributed by atoms with Gasteiger partial charge in [-0.3, -0.25) is 9.59 Å². The van der Waals surface area contributed by atoms with Crippen LogP contribution in [0.25, 0.3) is 5.76 Å². The fourth-order valence-electron chi connectivity index (χ4n) is 4.13. The number of unbranched alkanes of at least 4 members (excludes halogenated alkanes) is 1. The largest absolute Gasteiger partial charge is 0.507 e. The summed E-state index contributed by atoms with van der Waals surface area (Å²) < 4.78 is 21.8. The summed E-state index contributed by atoms with van der Waals surface area (Å²) >= 11 is 0. The van der Waals surface area contributed by atoms with Gasteiger partial charge in [0.2, 0.25) is 0 Å². The molecule has 0 spiro atoms. The number of carbonyl (C=O) groups excluding carboxylic acids is 2. The molecule has 35 heavy (non-hydrogen) atoms. The lowest BCUT2D eigenvalue weighted by Crippen LogP contribution is -2.32. The van der Waals surface area contributed by atoms with Crippen LogP contribution in [0.5, 0.6) is 17.2 Å². The van der Waals surface area contributed by atoms with Gasteiger partial charge in [-0.25, -0.2) is 0 Å². The Labute approximate surface area is 206 Å². The van der Waals surface area contributed by atoms with Crippen molar-refractivity contribution in [3.05, 3.63) is 58.7 Å². The van der Waals surface area contributed by atoms with Crippen LogP contribution in [0.4, 0.5) is 0 Å². The lowest BCUT2D eigenvalue weighted by Gasteiger charge is -2.25. The fourth-order valence-corrected chi connectivity index (χ4v) is 4.13. The number of hydrogen-bond acceptors (Lipinski definition) is 7. The topological polar surface area (TPSA) is 94.5 Å². The molecule has 8 heteroatoms. The lowest BCUT2D eigenvalue weighted by molar-refractivity contribution is -0.140. The van der Waals surface area contributed by atoms with Crippen LogP contribution in [0.1, 0.15) is 42.5 Å². The highest BCUT2D eigenvalue weighted by molar-refractivity contribution is 6.46. The van der Waals surface area contributed by atoms with Crippen molar-refractivity contribution >= 4 is 17.4 Å². The van der Waals surface area contributed by atoms with E-state index in [4.69, 9.17) is 18.9 Å². The highest BCUT2D eigenvalue weighted by atomic mass is 16.5. The van der Waals surface area contributed by atoms with Crippen molar-refractivity contribution in [3.8, 4) is 17.2 Å². The Kier molecular flexibility index (Phi) is 8.76. The first-order valence-corrected chi connectivity index (χ1v) is 11.6. The number of amides is 1. The standard InChI is InChI=1S/C27H33NO7/c1-6-7-13-35-21-11-8-18(16-22(21)34-5)24-23(26(30)27(31)28(24)12-14-32-3)25(29)19-9-10-20(33-4)17(2)15-19/h8-11,15-16,24,29H,6-7,12-14H2,1-5H3/t24-/m0/s1.